The van der Waals surface area contributed by atoms with Crippen LogP contribution in [-0.4, -0.2) is 29.1 Å². The fraction of sp³-hybridized carbons (Fsp3) is 0.280. The topological polar surface area (TPSA) is 49.4 Å². The largest absolute Gasteiger partial charge is 0.370 e. The lowest BCUT2D eigenvalue weighted by Crippen LogP contribution is -2.61. The number of carbonyl (C=O) groups is 2. The molecule has 1 unspecified atom stereocenters. The highest BCUT2D eigenvalue weighted by Crippen LogP contribution is 2.56. The monoisotopic (exact) mass is 462 g/mol. The lowest BCUT2D eigenvalue weighted by atomic mass is 9.64. The number of para-hydroxylation sites is 1. The first-order chi connectivity index (χ1) is 14.6. The number of unbranched alkanes of at least 4 members (excludes halogenated alkanes) is 1. The molecule has 2 aromatic rings. The van der Waals surface area contributed by atoms with Crippen molar-refractivity contribution in [2.24, 2.45) is 5.92 Å². The summed E-state index contributed by atoms with van der Waals surface area (Å²) in [6, 6.07) is 15.8. The summed E-state index contributed by atoms with van der Waals surface area (Å²) < 4.78 is 0.978. The van der Waals surface area contributed by atoms with Gasteiger partial charge in [-0.25, -0.2) is 0 Å². The summed E-state index contributed by atoms with van der Waals surface area (Å²) in [5.74, 6) is -0.532. The molecule has 3 atom stereocenters. The van der Waals surface area contributed by atoms with Crippen molar-refractivity contribution in [3.05, 3.63) is 82.5 Å². The molecule has 0 amide bonds. The Kier molecular flexibility index (Phi) is 4.66. The molecule has 2 aliphatic heterocycles. The van der Waals surface area contributed by atoms with Crippen molar-refractivity contribution in [1.82, 2.24) is 4.90 Å². The molecule has 0 radical (unpaired) electrons. The van der Waals surface area contributed by atoms with E-state index in [2.05, 4.69) is 45.3 Å². The van der Waals surface area contributed by atoms with Gasteiger partial charge in [-0.1, -0.05) is 59.6 Å². The molecule has 5 rings (SSSR count). The molecule has 0 saturated carbocycles. The van der Waals surface area contributed by atoms with E-state index in [-0.39, 0.29) is 11.6 Å². The fourth-order valence-corrected chi connectivity index (χ4v) is 5.40. The van der Waals surface area contributed by atoms with Gasteiger partial charge in [0.2, 0.25) is 0 Å². The van der Waals surface area contributed by atoms with Crippen LogP contribution in [0.15, 0.2) is 71.4 Å². The van der Waals surface area contributed by atoms with Gasteiger partial charge in [0.1, 0.15) is 11.6 Å². The number of carbonyl (C=O) groups excluding carboxylic acids is 2. The molecule has 1 aliphatic carbocycles. The second-order valence-electron chi connectivity index (χ2n) is 8.18. The molecule has 4 nitrogen and oxygen atoms in total. The Labute approximate surface area is 184 Å². The number of allylic oxidation sites excluding steroid dienone is 1. The molecule has 0 bridgehead atoms. The van der Waals surface area contributed by atoms with Crippen LogP contribution in [0.25, 0.3) is 5.57 Å². The molecule has 30 heavy (non-hydrogen) atoms. The van der Waals surface area contributed by atoms with Crippen molar-refractivity contribution in [2.75, 3.05) is 11.9 Å². The SMILES string of the molecule is CCCCN1C=C2c3ccccc3NC2(c2ccc(Br)cc2)[C@@H]2C(=O)C=CC(=O)[C@@H]21. The Balaban J connectivity index is 1.78. The van der Waals surface area contributed by atoms with Crippen molar-refractivity contribution in [3.8, 4) is 0 Å². The quantitative estimate of drug-likeness (QED) is 0.700. The number of anilines is 1. The second-order valence-corrected chi connectivity index (χ2v) is 9.10. The van der Waals surface area contributed by atoms with E-state index in [0.717, 1.165) is 46.2 Å². The molecule has 0 spiro atoms. The Hall–Kier alpha value is -2.66. The van der Waals surface area contributed by atoms with E-state index in [9.17, 15) is 9.59 Å². The molecule has 0 aromatic heterocycles. The number of fused-ring (bicyclic) bond motifs is 5. The predicted octanol–water partition coefficient (Wildman–Crippen LogP) is 4.92. The van der Waals surface area contributed by atoms with Crippen LogP contribution in [0.4, 0.5) is 5.69 Å². The zero-order valence-electron chi connectivity index (χ0n) is 16.8. The van der Waals surface area contributed by atoms with Crippen LogP contribution in [0.1, 0.15) is 30.9 Å². The maximum atomic E-state index is 13.4. The first-order valence-corrected chi connectivity index (χ1v) is 11.2. The molecule has 0 fully saturated rings. The smallest absolute Gasteiger partial charge is 0.179 e. The minimum Gasteiger partial charge on any atom is -0.370 e. The Morgan fingerprint density at radius 1 is 1.03 bits per heavy atom. The molecule has 2 aromatic carbocycles. The van der Waals surface area contributed by atoms with E-state index in [1.165, 1.54) is 12.2 Å². The first kappa shape index (κ1) is 19.3. The number of halogens is 1. The summed E-state index contributed by atoms with van der Waals surface area (Å²) >= 11 is 3.52. The van der Waals surface area contributed by atoms with Gasteiger partial charge in [0.05, 0.1) is 5.92 Å². The standard InChI is InChI=1S/C25H23BrN2O2/c1-2-3-14-28-15-19-18-6-4-5-7-20(18)27-25(19,16-8-10-17(26)11-9-16)23-21(29)12-13-22(30)24(23)28/h4-13,15,23-24,27H,2-3,14H2,1H3/t23-,24+,25?/m1/s1. The normalized spacial score (nSPS) is 26.6. The summed E-state index contributed by atoms with van der Waals surface area (Å²) in [6.07, 6.45) is 7.05. The van der Waals surface area contributed by atoms with Crippen LogP contribution < -0.4 is 5.32 Å². The molecular formula is C25H23BrN2O2. The highest BCUT2D eigenvalue weighted by molar-refractivity contribution is 9.10. The van der Waals surface area contributed by atoms with E-state index < -0.39 is 17.5 Å². The lowest BCUT2D eigenvalue weighted by Gasteiger charge is -2.50. The van der Waals surface area contributed by atoms with Crippen LogP contribution >= 0.6 is 15.9 Å². The number of hydrogen-bond donors (Lipinski definition) is 1. The second kappa shape index (κ2) is 7.24. The third-order valence-corrected chi connectivity index (χ3v) is 7.02. The van der Waals surface area contributed by atoms with Crippen molar-refractivity contribution in [1.29, 1.82) is 0 Å². The van der Waals surface area contributed by atoms with Crippen LogP contribution in [0.3, 0.4) is 0 Å². The molecular weight excluding hydrogens is 440 g/mol. The van der Waals surface area contributed by atoms with Crippen molar-refractivity contribution in [3.63, 3.8) is 0 Å². The summed E-state index contributed by atoms with van der Waals surface area (Å²) in [6.45, 7) is 2.90. The maximum Gasteiger partial charge on any atom is 0.179 e. The Morgan fingerprint density at radius 2 is 1.77 bits per heavy atom. The van der Waals surface area contributed by atoms with Gasteiger partial charge in [-0.2, -0.15) is 0 Å². The third kappa shape index (κ3) is 2.72. The van der Waals surface area contributed by atoms with Gasteiger partial charge in [0, 0.05) is 34.0 Å². The average Bonchev–Trinajstić information content (AvgIpc) is 3.09. The van der Waals surface area contributed by atoms with E-state index in [1.807, 2.05) is 42.5 Å². The maximum absolute atomic E-state index is 13.4. The van der Waals surface area contributed by atoms with Crippen molar-refractivity contribution < 1.29 is 9.59 Å². The number of rotatable bonds is 4. The van der Waals surface area contributed by atoms with Gasteiger partial charge in [0.25, 0.3) is 0 Å². The van der Waals surface area contributed by atoms with Gasteiger partial charge >= 0.3 is 0 Å². The minimum atomic E-state index is -0.769. The summed E-state index contributed by atoms with van der Waals surface area (Å²) in [4.78, 5) is 28.6. The average molecular weight is 463 g/mol. The number of nitrogens with zero attached hydrogens (tertiary/aromatic N) is 1. The Bertz CT molecular complexity index is 1090. The number of benzene rings is 2. The van der Waals surface area contributed by atoms with Gasteiger partial charge < -0.3 is 10.2 Å². The third-order valence-electron chi connectivity index (χ3n) is 6.49. The van der Waals surface area contributed by atoms with Gasteiger partial charge in [0.15, 0.2) is 11.6 Å². The molecule has 0 saturated heterocycles. The van der Waals surface area contributed by atoms with Crippen LogP contribution in [0.5, 0.6) is 0 Å². The lowest BCUT2D eigenvalue weighted by molar-refractivity contribution is -0.131. The van der Waals surface area contributed by atoms with E-state index in [4.69, 9.17) is 0 Å². The summed E-state index contributed by atoms with van der Waals surface area (Å²) in [5.41, 5.74) is 3.38. The molecule has 152 valence electrons. The van der Waals surface area contributed by atoms with Crippen molar-refractivity contribution in [2.45, 2.75) is 31.3 Å². The van der Waals surface area contributed by atoms with E-state index in [1.54, 1.807) is 0 Å². The molecule has 2 heterocycles. The van der Waals surface area contributed by atoms with Gasteiger partial charge in [-0.15, -0.1) is 0 Å². The Morgan fingerprint density at radius 3 is 2.53 bits per heavy atom. The highest BCUT2D eigenvalue weighted by atomic mass is 79.9. The minimum absolute atomic E-state index is 0.000228. The fourth-order valence-electron chi connectivity index (χ4n) is 5.14. The zero-order valence-corrected chi connectivity index (χ0v) is 18.4. The molecule has 1 N–H and O–H groups in total. The van der Waals surface area contributed by atoms with Crippen molar-refractivity contribution >= 4 is 38.8 Å². The number of hydrogen-bond acceptors (Lipinski definition) is 4. The first-order valence-electron chi connectivity index (χ1n) is 10.4. The summed E-state index contributed by atoms with van der Waals surface area (Å²) in [7, 11) is 0. The predicted molar refractivity (Wildman–Crippen MR) is 122 cm³/mol. The van der Waals surface area contributed by atoms with Crippen LogP contribution in [0, 0.1) is 5.92 Å². The number of ketones is 2. The van der Waals surface area contributed by atoms with E-state index >= 15 is 0 Å². The highest BCUT2D eigenvalue weighted by Gasteiger charge is 2.59. The number of nitrogens with one attached hydrogen (secondary N) is 1. The van der Waals surface area contributed by atoms with E-state index in [0.29, 0.717) is 0 Å². The van der Waals surface area contributed by atoms with Gasteiger partial charge in [-0.05, 0) is 42.3 Å². The molecule has 3 aliphatic rings. The van der Waals surface area contributed by atoms with Gasteiger partial charge in [-0.3, -0.25) is 9.59 Å². The van der Waals surface area contributed by atoms with Crippen LogP contribution in [0.2, 0.25) is 0 Å². The van der Waals surface area contributed by atoms with Crippen LogP contribution in [-0.2, 0) is 15.1 Å². The zero-order chi connectivity index (χ0) is 20.9. The molecule has 5 heteroatoms. The summed E-state index contributed by atoms with van der Waals surface area (Å²) in [5, 5.41) is 3.70.